The highest BCUT2D eigenvalue weighted by Crippen LogP contribution is 2.19. The minimum atomic E-state index is -1.14. The summed E-state index contributed by atoms with van der Waals surface area (Å²) in [5, 5.41) is 23.7. The van der Waals surface area contributed by atoms with Crippen molar-refractivity contribution in [3.63, 3.8) is 0 Å². The van der Waals surface area contributed by atoms with Crippen LogP contribution in [-0.4, -0.2) is 105 Å². The summed E-state index contributed by atoms with van der Waals surface area (Å²) in [5.41, 5.74) is 0.577. The number of aliphatic carboxylic acids is 2. The largest absolute Gasteiger partial charge is 0.481 e. The lowest BCUT2D eigenvalue weighted by Gasteiger charge is -2.35. The fraction of sp³-hybridized carbons (Fsp3) is 0.444. The van der Waals surface area contributed by atoms with E-state index in [4.69, 9.17) is 9.84 Å². The van der Waals surface area contributed by atoms with Crippen molar-refractivity contribution in [2.45, 2.75) is 38.6 Å². The van der Waals surface area contributed by atoms with Crippen LogP contribution in [0.15, 0.2) is 36.4 Å². The van der Waals surface area contributed by atoms with E-state index in [9.17, 15) is 29.1 Å². The molecule has 0 saturated carbocycles. The van der Waals surface area contributed by atoms with E-state index in [2.05, 4.69) is 20.6 Å². The van der Waals surface area contributed by atoms with Gasteiger partial charge in [-0.05, 0) is 19.8 Å². The first-order valence-corrected chi connectivity index (χ1v) is 13.3. The molecular formula is C27H34N6O8. The summed E-state index contributed by atoms with van der Waals surface area (Å²) in [6, 6.07) is 9.16. The minimum absolute atomic E-state index is 0.0433. The highest BCUT2D eigenvalue weighted by atomic mass is 16.6. The third-order valence-electron chi connectivity index (χ3n) is 6.23. The number of ether oxygens (including phenoxy) is 1. The van der Waals surface area contributed by atoms with Gasteiger partial charge in [-0.25, -0.2) is 14.8 Å². The standard InChI is InChI=1S/C27H34N6O8/c1-2-41-27(40)33-15-13-32(14-16-33)26(39)19(10-11-23(36)37)30-25(38)20-17-21(28-12-6-9-22(34)35)31-24(29-20)18-7-4-3-5-8-18/h3-5,7-8,17,19H,2,6,9-16H2,1H3,(H,30,38)(H,34,35)(H,36,37)(H,28,29,31)/t19-/m0/s1. The molecule has 41 heavy (non-hydrogen) atoms. The quantitative estimate of drug-likeness (QED) is 0.256. The zero-order chi connectivity index (χ0) is 29.8. The van der Waals surface area contributed by atoms with E-state index in [1.54, 1.807) is 31.2 Å². The Morgan fingerprint density at radius 2 is 1.61 bits per heavy atom. The number of nitrogens with zero attached hydrogens (tertiary/aromatic N) is 4. The van der Waals surface area contributed by atoms with E-state index in [0.717, 1.165) is 0 Å². The van der Waals surface area contributed by atoms with Crippen molar-refractivity contribution in [2.75, 3.05) is 44.6 Å². The molecule has 2 aromatic rings. The van der Waals surface area contributed by atoms with Gasteiger partial charge in [0.25, 0.3) is 5.91 Å². The van der Waals surface area contributed by atoms with E-state index in [1.165, 1.54) is 15.9 Å². The number of rotatable bonds is 13. The van der Waals surface area contributed by atoms with Gasteiger partial charge in [0.05, 0.1) is 6.61 Å². The number of nitrogens with one attached hydrogen (secondary N) is 2. The summed E-state index contributed by atoms with van der Waals surface area (Å²) < 4.78 is 5.00. The highest BCUT2D eigenvalue weighted by Gasteiger charge is 2.31. The van der Waals surface area contributed by atoms with Crippen LogP contribution in [0.4, 0.5) is 10.6 Å². The van der Waals surface area contributed by atoms with Crippen molar-refractivity contribution in [1.29, 1.82) is 0 Å². The molecule has 220 valence electrons. The van der Waals surface area contributed by atoms with E-state index >= 15 is 0 Å². The summed E-state index contributed by atoms with van der Waals surface area (Å²) in [6.07, 6.45) is -0.681. The Bertz CT molecular complexity index is 1230. The number of carbonyl (C=O) groups is 5. The predicted molar refractivity (Wildman–Crippen MR) is 146 cm³/mol. The Kier molecular flexibility index (Phi) is 11.4. The predicted octanol–water partition coefficient (Wildman–Crippen LogP) is 1.68. The lowest BCUT2D eigenvalue weighted by molar-refractivity contribution is -0.139. The van der Waals surface area contributed by atoms with Crippen LogP contribution >= 0.6 is 0 Å². The minimum Gasteiger partial charge on any atom is -0.481 e. The molecule has 1 aromatic carbocycles. The number of carbonyl (C=O) groups excluding carboxylic acids is 3. The summed E-state index contributed by atoms with van der Waals surface area (Å²) in [4.78, 5) is 72.6. The first-order chi connectivity index (χ1) is 19.7. The molecule has 1 aliphatic rings. The molecule has 0 spiro atoms. The lowest BCUT2D eigenvalue weighted by Crippen LogP contribution is -2.56. The van der Waals surface area contributed by atoms with Crippen molar-refractivity contribution in [3.8, 4) is 11.4 Å². The summed E-state index contributed by atoms with van der Waals surface area (Å²) in [7, 11) is 0. The van der Waals surface area contributed by atoms with Crippen LogP contribution in [0.25, 0.3) is 11.4 Å². The SMILES string of the molecule is CCOC(=O)N1CCN(C(=O)[C@H](CCC(=O)O)NC(=O)c2cc(NCCCC(=O)O)nc(-c3ccccc3)n2)CC1. The summed E-state index contributed by atoms with van der Waals surface area (Å²) in [5.74, 6) is -2.69. The van der Waals surface area contributed by atoms with Crippen LogP contribution in [0.1, 0.15) is 43.1 Å². The Morgan fingerprint density at radius 1 is 0.951 bits per heavy atom. The van der Waals surface area contributed by atoms with Gasteiger partial charge < -0.3 is 35.4 Å². The highest BCUT2D eigenvalue weighted by molar-refractivity contribution is 5.97. The molecule has 0 bridgehead atoms. The first-order valence-electron chi connectivity index (χ1n) is 13.3. The second kappa shape index (κ2) is 15.1. The van der Waals surface area contributed by atoms with Gasteiger partial charge in [-0.15, -0.1) is 0 Å². The summed E-state index contributed by atoms with van der Waals surface area (Å²) in [6.45, 7) is 3.11. The molecular weight excluding hydrogens is 536 g/mol. The van der Waals surface area contributed by atoms with Gasteiger partial charge in [0.2, 0.25) is 5.91 Å². The maximum atomic E-state index is 13.4. The second-order valence-corrected chi connectivity index (χ2v) is 9.22. The normalized spacial score (nSPS) is 13.7. The van der Waals surface area contributed by atoms with Crippen LogP contribution in [0.5, 0.6) is 0 Å². The van der Waals surface area contributed by atoms with Gasteiger partial charge >= 0.3 is 18.0 Å². The third-order valence-corrected chi connectivity index (χ3v) is 6.23. The molecule has 0 radical (unpaired) electrons. The van der Waals surface area contributed by atoms with Gasteiger partial charge in [0, 0.05) is 57.2 Å². The number of amides is 3. The Balaban J connectivity index is 1.78. The maximum Gasteiger partial charge on any atom is 0.409 e. The van der Waals surface area contributed by atoms with Gasteiger partial charge in [-0.2, -0.15) is 0 Å². The molecule has 0 unspecified atom stereocenters. The number of anilines is 1. The van der Waals surface area contributed by atoms with Crippen LogP contribution in [0.2, 0.25) is 0 Å². The van der Waals surface area contributed by atoms with Gasteiger partial charge in [-0.3, -0.25) is 19.2 Å². The molecule has 4 N–H and O–H groups in total. The van der Waals surface area contributed by atoms with Crippen molar-refractivity contribution < 1.29 is 38.9 Å². The van der Waals surface area contributed by atoms with Gasteiger partial charge in [0.1, 0.15) is 17.6 Å². The van der Waals surface area contributed by atoms with E-state index in [1.807, 2.05) is 6.07 Å². The zero-order valence-corrected chi connectivity index (χ0v) is 22.7. The fourth-order valence-corrected chi connectivity index (χ4v) is 4.13. The van der Waals surface area contributed by atoms with Crippen LogP contribution in [0.3, 0.4) is 0 Å². The number of hydrogen-bond donors (Lipinski definition) is 4. The van der Waals surface area contributed by atoms with Crippen molar-refractivity contribution >= 4 is 35.7 Å². The van der Waals surface area contributed by atoms with Crippen LogP contribution in [0, 0.1) is 0 Å². The average molecular weight is 571 g/mol. The summed E-state index contributed by atoms with van der Waals surface area (Å²) >= 11 is 0. The molecule has 1 saturated heterocycles. The van der Waals surface area contributed by atoms with E-state index in [0.29, 0.717) is 12.0 Å². The smallest absolute Gasteiger partial charge is 0.409 e. The zero-order valence-electron chi connectivity index (χ0n) is 22.7. The molecule has 1 fully saturated rings. The number of benzene rings is 1. The van der Waals surface area contributed by atoms with Crippen molar-refractivity contribution in [3.05, 3.63) is 42.1 Å². The number of carboxylic acid groups (broad SMARTS) is 2. The van der Waals surface area contributed by atoms with Gasteiger partial charge in [0.15, 0.2) is 5.82 Å². The number of aromatic nitrogens is 2. The lowest BCUT2D eigenvalue weighted by atomic mass is 10.1. The van der Waals surface area contributed by atoms with Crippen molar-refractivity contribution in [1.82, 2.24) is 25.1 Å². The molecule has 3 rings (SSSR count). The molecule has 1 aromatic heterocycles. The van der Waals surface area contributed by atoms with Crippen LogP contribution < -0.4 is 10.6 Å². The maximum absolute atomic E-state index is 13.4. The molecule has 1 aliphatic heterocycles. The molecule has 14 nitrogen and oxygen atoms in total. The number of hydrogen-bond acceptors (Lipinski definition) is 9. The van der Waals surface area contributed by atoms with E-state index in [-0.39, 0.29) is 75.9 Å². The Hall–Kier alpha value is -4.75. The molecule has 14 heteroatoms. The number of piperazine rings is 1. The number of carboxylic acids is 2. The van der Waals surface area contributed by atoms with Crippen LogP contribution in [-0.2, 0) is 19.1 Å². The third kappa shape index (κ3) is 9.44. The average Bonchev–Trinajstić information content (AvgIpc) is 2.97. The second-order valence-electron chi connectivity index (χ2n) is 9.22. The molecule has 3 amide bonds. The van der Waals surface area contributed by atoms with E-state index < -0.39 is 35.9 Å². The topological polar surface area (TPSA) is 191 Å². The molecule has 1 atom stereocenters. The van der Waals surface area contributed by atoms with Gasteiger partial charge in [-0.1, -0.05) is 30.3 Å². The Labute approximate surface area is 236 Å². The van der Waals surface area contributed by atoms with Crippen molar-refractivity contribution in [2.24, 2.45) is 0 Å². The first kappa shape index (κ1) is 30.8. The monoisotopic (exact) mass is 570 g/mol. The Morgan fingerprint density at radius 3 is 2.24 bits per heavy atom. The fourth-order valence-electron chi connectivity index (χ4n) is 4.13. The molecule has 2 heterocycles. The molecule has 0 aliphatic carbocycles.